The van der Waals surface area contributed by atoms with Crippen LogP contribution >= 0.6 is 0 Å². The number of carbonyl (C=O) groups is 4. The Bertz CT molecular complexity index is 5760. The number of aromatic nitrogens is 4. The number of carboxylic acid groups (broad SMARTS) is 4. The number of aromatic carboxylic acids is 4. The summed E-state index contributed by atoms with van der Waals surface area (Å²) in [6, 6.07) is 2.31. The monoisotopic (exact) mass is 1830 g/mol. The van der Waals surface area contributed by atoms with Crippen molar-refractivity contribution < 1.29 is 76.1 Å². The van der Waals surface area contributed by atoms with Crippen molar-refractivity contribution in [2.75, 3.05) is 203 Å². The molecule has 44 nitrogen and oxygen atoms in total. The lowest BCUT2D eigenvalue weighted by Crippen LogP contribution is -2.60. The number of rotatable bonds is 8. The van der Waals surface area contributed by atoms with E-state index in [1.54, 1.807) is 105 Å². The molecule has 4 atom stereocenters. The van der Waals surface area contributed by atoms with E-state index in [4.69, 9.17) is 18.9 Å². The van der Waals surface area contributed by atoms with Crippen molar-refractivity contribution in [1.29, 1.82) is 43.3 Å². The maximum Gasteiger partial charge on any atom is 0.341 e. The number of piperazine rings is 4. The van der Waals surface area contributed by atoms with Gasteiger partial charge in [0, 0.05) is 182 Å². The lowest BCUT2D eigenvalue weighted by Gasteiger charge is -2.41. The van der Waals surface area contributed by atoms with Gasteiger partial charge in [0.05, 0.1) is 67.8 Å². The van der Waals surface area contributed by atoms with Crippen LogP contribution in [0, 0.1) is 66.5 Å². The summed E-state index contributed by atoms with van der Waals surface area (Å²) in [6.07, 6.45) is 4.90. The van der Waals surface area contributed by atoms with Gasteiger partial charge in [0.25, 0.3) is 0 Å². The van der Waals surface area contributed by atoms with E-state index in [9.17, 15) is 102 Å². The summed E-state index contributed by atoms with van der Waals surface area (Å²) in [4.78, 5) is 122. The lowest BCUT2D eigenvalue weighted by atomic mass is 10.1. The van der Waals surface area contributed by atoms with Gasteiger partial charge in [-0.3, -0.25) is 83.7 Å². The molecule has 5 fully saturated rings. The summed E-state index contributed by atoms with van der Waals surface area (Å²) >= 11 is 0. The fourth-order valence-electron chi connectivity index (χ4n) is 18.6. The van der Waals surface area contributed by atoms with E-state index in [1.165, 1.54) is 24.8 Å². The number of hydrogen-bond donors (Lipinski definition) is 16. The Labute approximate surface area is 746 Å². The zero-order chi connectivity index (χ0) is 93.8. The number of pyridine rings is 4. The zero-order valence-corrected chi connectivity index (χ0v) is 72.1. The second-order valence-electron chi connectivity index (χ2n) is 33.8. The first kappa shape index (κ1) is 88.7. The molecular weight excluding hydrogens is 1730 g/mol. The molecule has 17 rings (SSSR count). The van der Waals surface area contributed by atoms with Crippen LogP contribution in [0.4, 0.5) is 40.3 Å². The van der Waals surface area contributed by atoms with Crippen LogP contribution in [-0.2, 0) is 0 Å². The van der Waals surface area contributed by atoms with Crippen LogP contribution in [0.3, 0.4) is 0 Å². The number of halogens is 4. The molecule has 0 bridgehead atoms. The van der Waals surface area contributed by atoms with Gasteiger partial charge < -0.3 is 116 Å². The van der Waals surface area contributed by atoms with Crippen molar-refractivity contribution in [2.45, 2.75) is 51.9 Å². The van der Waals surface area contributed by atoms with Gasteiger partial charge in [-0.2, -0.15) is 0 Å². The van der Waals surface area contributed by atoms with Crippen molar-refractivity contribution in [1.82, 2.24) is 78.7 Å². The molecule has 13 heterocycles. The molecule has 5 saturated heterocycles. The van der Waals surface area contributed by atoms with Crippen molar-refractivity contribution in [3.05, 3.63) is 135 Å². The Hall–Kier alpha value is -15.3. The zero-order valence-electron chi connectivity index (χ0n) is 72.1. The molecule has 0 spiro atoms. The third-order valence-corrected chi connectivity index (χ3v) is 25.9. The number of guanidine groups is 8. The molecule has 16 N–H and O–H groups in total. The molecule has 9 aliphatic heterocycles. The summed E-state index contributed by atoms with van der Waals surface area (Å²) in [7, 11) is 0. The summed E-state index contributed by atoms with van der Waals surface area (Å²) in [5.74, 6) is -11.3. The summed E-state index contributed by atoms with van der Waals surface area (Å²) in [6.45, 7) is 7.67. The molecular formula is C84H96F4N28O16. The Morgan fingerprint density at radius 2 is 0.439 bits per heavy atom. The molecule has 4 aromatic carbocycles. The SMILES string of the molecule is CC1COc2c(N3CCN(C(=N)NC(=N)N4CCN(C(=N)NC(=N)N5CCN(c6c(F)cc7c(=O)c(C(=O)O)cn8c7c6OCC8C)CC5)CCN(C(=N)NC(=N)N5CCN(c6c(F)cc7c(=O)c(C(=O)O)cn8c7c6OCC8C)CC5)CCN(C(=N)NC(=N)N5CCN(c6c(F)cc7c(=O)c(C(=O)O)cn8c7c6OCC8C)CC5)CC4)CC3)c(F)cc3c(=O)c(C(=O)O)cn1c23. The van der Waals surface area contributed by atoms with E-state index >= 15 is 17.6 Å². The largest absolute Gasteiger partial charge is 0.487 e. The van der Waals surface area contributed by atoms with Crippen LogP contribution in [0.5, 0.6) is 23.0 Å². The Morgan fingerprint density at radius 3 is 0.591 bits per heavy atom. The van der Waals surface area contributed by atoms with Crippen LogP contribution in [0.2, 0.25) is 0 Å². The molecule has 132 heavy (non-hydrogen) atoms. The van der Waals surface area contributed by atoms with Gasteiger partial charge in [0.2, 0.25) is 21.7 Å². The number of anilines is 4. The summed E-state index contributed by atoms with van der Waals surface area (Å²) in [5, 5.41) is 128. The number of nitrogens with one attached hydrogen (secondary N) is 12. The minimum absolute atomic E-state index is 0.0287. The molecule has 4 unspecified atom stereocenters. The lowest BCUT2D eigenvalue weighted by molar-refractivity contribution is 0.0683. The van der Waals surface area contributed by atoms with Gasteiger partial charge in [0.1, 0.15) is 71.4 Å². The average Bonchev–Trinajstić information content (AvgIpc) is 0.742. The molecule has 8 aromatic rings. The van der Waals surface area contributed by atoms with E-state index in [-0.39, 0.29) is 321 Å². The van der Waals surface area contributed by atoms with Gasteiger partial charge >= 0.3 is 23.9 Å². The smallest absolute Gasteiger partial charge is 0.341 e. The number of carboxylic acids is 4. The number of hydrogen-bond acceptors (Lipinski definition) is 24. The van der Waals surface area contributed by atoms with E-state index < -0.39 is 115 Å². The molecule has 0 amide bonds. The maximum atomic E-state index is 16.5. The molecule has 696 valence electrons. The highest BCUT2D eigenvalue weighted by molar-refractivity contribution is 6.04. The first-order chi connectivity index (χ1) is 63.0. The predicted molar refractivity (Wildman–Crippen MR) is 477 cm³/mol. The van der Waals surface area contributed by atoms with Crippen molar-refractivity contribution in [3.8, 4) is 23.0 Å². The Morgan fingerprint density at radius 1 is 0.288 bits per heavy atom. The molecule has 0 saturated carbocycles. The van der Waals surface area contributed by atoms with Crippen LogP contribution in [0.15, 0.2) is 68.2 Å². The summed E-state index contributed by atoms with van der Waals surface area (Å²) < 4.78 is 97.1. The molecule has 9 aliphatic rings. The molecule has 48 heteroatoms. The first-order valence-electron chi connectivity index (χ1n) is 42.9. The topological polar surface area (TPSA) is 552 Å². The van der Waals surface area contributed by atoms with Gasteiger partial charge in [-0.05, 0) is 52.0 Å². The highest BCUT2D eigenvalue weighted by Gasteiger charge is 2.40. The molecule has 4 aromatic heterocycles. The second kappa shape index (κ2) is 34.9. The highest BCUT2D eigenvalue weighted by Crippen LogP contribution is 2.47. The third kappa shape index (κ3) is 16.0. The van der Waals surface area contributed by atoms with Gasteiger partial charge in [-0.25, -0.2) is 36.7 Å². The van der Waals surface area contributed by atoms with E-state index in [1.807, 2.05) is 0 Å². The Balaban J connectivity index is 0.630. The van der Waals surface area contributed by atoms with E-state index in [0.717, 1.165) is 24.3 Å². The summed E-state index contributed by atoms with van der Waals surface area (Å²) in [5.41, 5.74) is -4.62. The highest BCUT2D eigenvalue weighted by atomic mass is 19.1. The maximum absolute atomic E-state index is 16.5. The molecule has 0 aliphatic carbocycles. The van der Waals surface area contributed by atoms with Crippen LogP contribution in [0.1, 0.15) is 93.3 Å². The van der Waals surface area contributed by atoms with Crippen LogP contribution in [-0.4, -0.2) is 333 Å². The van der Waals surface area contributed by atoms with Crippen molar-refractivity contribution in [2.24, 2.45) is 0 Å². The van der Waals surface area contributed by atoms with E-state index in [2.05, 4.69) is 21.3 Å². The van der Waals surface area contributed by atoms with Crippen molar-refractivity contribution in [3.63, 3.8) is 0 Å². The van der Waals surface area contributed by atoms with Gasteiger partial charge in [0.15, 0.2) is 93.9 Å². The molecule has 0 radical (unpaired) electrons. The fraction of sp³-hybridized carbons (Fsp3) is 0.429. The normalized spacial score (nSPS) is 19.3. The third-order valence-electron chi connectivity index (χ3n) is 25.9. The number of ether oxygens (including phenoxy) is 4. The average molecular weight is 1830 g/mol. The van der Waals surface area contributed by atoms with Crippen LogP contribution < -0.4 is 81.5 Å². The minimum Gasteiger partial charge on any atom is -0.487 e. The first-order valence-corrected chi connectivity index (χ1v) is 42.9. The predicted octanol–water partition coefficient (Wildman–Crippen LogP) is 2.76. The van der Waals surface area contributed by atoms with Gasteiger partial charge in [-0.1, -0.05) is 0 Å². The van der Waals surface area contributed by atoms with Gasteiger partial charge in [-0.15, -0.1) is 0 Å². The number of benzene rings is 4. The fourth-order valence-corrected chi connectivity index (χ4v) is 18.6. The van der Waals surface area contributed by atoms with Crippen molar-refractivity contribution >= 4 is 138 Å². The minimum atomic E-state index is -1.47. The Kier molecular flexibility index (Phi) is 23.5. The standard InChI is InChI=1S/C84H96F4N28O16/c1-41-37-129-69-57-45(65(117)49(73(121)122)33-113(41)57)29-53(85)61(69)101-5-13-105(14-6-101)77(89)97-81(93)109-21-23-110(82(94)98-78(90)106-15-7-102(8-16-106)62-54(86)30-46-58-70(62)130-38-42(2)114(58)34-50(66(46)118)74(123)124)25-27-112(84(96)100-80(92)108-19-11-104(12-20-108)64-56(88)32-48-60-72(64)132-40-44(4)116(60)36-52(68(48)120)76(127)128)28-26-111(24-22-109)83(95)99-79(91)107-17-9-103(10-18-107)63-55(87)31-47-59-71(63)131-39-43(3)115(59)35-51(67(47)119)75(125)126/h29-36,41-44H,5-28,37-40H2,1-4H3,(H,121,122)(H,123,124)(H,125,126)(H,127,128)(H3,89,93,97)(H3,90,94,98)(H3,91,95,99)(H3,92,96,100). The quantitative estimate of drug-likeness (QED) is 0.0591. The van der Waals surface area contributed by atoms with E-state index in [0.29, 0.717) is 0 Å². The second-order valence-corrected chi connectivity index (χ2v) is 33.8. The number of nitrogens with zero attached hydrogens (tertiary/aromatic N) is 16. The van der Waals surface area contributed by atoms with Crippen LogP contribution in [0.25, 0.3) is 43.6 Å².